The summed E-state index contributed by atoms with van der Waals surface area (Å²) >= 11 is 0. The molecule has 0 aromatic heterocycles. The fourth-order valence-electron chi connectivity index (χ4n) is 1.41. The fraction of sp³-hybridized carbons (Fsp3) is 0.846. The van der Waals surface area contributed by atoms with Crippen LogP contribution in [-0.2, 0) is 19.1 Å². The summed E-state index contributed by atoms with van der Waals surface area (Å²) in [6.07, 6.45) is 3.90. The molecule has 0 heterocycles. The second-order valence-electron chi connectivity index (χ2n) is 4.29. The highest BCUT2D eigenvalue weighted by atomic mass is 16.5. The first-order chi connectivity index (χ1) is 9.16. The lowest BCUT2D eigenvalue weighted by Gasteiger charge is -2.06. The van der Waals surface area contributed by atoms with Crippen molar-refractivity contribution in [2.75, 3.05) is 33.0 Å². The first-order valence-electron chi connectivity index (χ1n) is 6.87. The third-order valence-electron chi connectivity index (χ3n) is 2.38. The number of ether oxygens (including phenoxy) is 2. The van der Waals surface area contributed by atoms with Gasteiger partial charge in [0.1, 0.15) is 6.61 Å². The highest BCUT2D eigenvalue weighted by molar-refractivity contribution is 5.77. The number of amides is 2. The number of primary amides is 1. The van der Waals surface area contributed by atoms with Gasteiger partial charge in [0, 0.05) is 19.6 Å². The van der Waals surface area contributed by atoms with E-state index in [4.69, 9.17) is 15.2 Å². The molecule has 19 heavy (non-hydrogen) atoms. The number of nitrogens with one attached hydrogen (secondary N) is 1. The van der Waals surface area contributed by atoms with Gasteiger partial charge in [-0.3, -0.25) is 9.59 Å². The quantitative estimate of drug-likeness (QED) is 0.481. The maximum atomic E-state index is 11.3. The summed E-state index contributed by atoms with van der Waals surface area (Å²) in [6.45, 7) is 4.39. The molecule has 0 rings (SSSR count). The van der Waals surface area contributed by atoms with Crippen LogP contribution in [0.4, 0.5) is 0 Å². The van der Waals surface area contributed by atoms with Gasteiger partial charge >= 0.3 is 0 Å². The zero-order chi connectivity index (χ0) is 14.3. The van der Waals surface area contributed by atoms with E-state index in [-0.39, 0.29) is 18.4 Å². The third kappa shape index (κ3) is 14.8. The Labute approximate surface area is 115 Å². The SMILES string of the molecule is CCCOCCOCC(=O)NCCCCCC(N)=O. The number of unbranched alkanes of at least 4 members (excludes halogenated alkanes) is 2. The number of hydrogen-bond acceptors (Lipinski definition) is 4. The molecule has 2 amide bonds. The van der Waals surface area contributed by atoms with Gasteiger partial charge in [0.15, 0.2) is 0 Å². The topological polar surface area (TPSA) is 90.7 Å². The Kier molecular flexibility index (Phi) is 12.5. The van der Waals surface area contributed by atoms with Gasteiger partial charge < -0.3 is 20.5 Å². The summed E-state index contributed by atoms with van der Waals surface area (Å²) in [5.74, 6) is -0.395. The van der Waals surface area contributed by atoms with Crippen molar-refractivity contribution in [2.45, 2.75) is 39.0 Å². The van der Waals surface area contributed by atoms with E-state index < -0.39 is 0 Å². The minimum absolute atomic E-state index is 0.0662. The van der Waals surface area contributed by atoms with Crippen LogP contribution in [0.2, 0.25) is 0 Å². The van der Waals surface area contributed by atoms with Crippen LogP contribution in [0.3, 0.4) is 0 Å². The largest absolute Gasteiger partial charge is 0.379 e. The molecule has 112 valence electrons. The number of rotatable bonds is 13. The molecule has 3 N–H and O–H groups in total. The monoisotopic (exact) mass is 274 g/mol. The lowest BCUT2D eigenvalue weighted by molar-refractivity contribution is -0.126. The molecule has 0 spiro atoms. The highest BCUT2D eigenvalue weighted by Gasteiger charge is 2.00. The maximum Gasteiger partial charge on any atom is 0.245 e. The van der Waals surface area contributed by atoms with Crippen molar-refractivity contribution in [3.05, 3.63) is 0 Å². The van der Waals surface area contributed by atoms with Crippen LogP contribution in [0.25, 0.3) is 0 Å². The molecule has 0 fully saturated rings. The van der Waals surface area contributed by atoms with Crippen molar-refractivity contribution < 1.29 is 19.1 Å². The summed E-state index contributed by atoms with van der Waals surface area (Å²) < 4.78 is 10.4. The molecular formula is C13H26N2O4. The van der Waals surface area contributed by atoms with Crippen LogP contribution in [0, 0.1) is 0 Å². The molecule has 0 atom stereocenters. The van der Waals surface area contributed by atoms with E-state index >= 15 is 0 Å². The van der Waals surface area contributed by atoms with E-state index in [1.807, 2.05) is 6.92 Å². The van der Waals surface area contributed by atoms with Crippen molar-refractivity contribution in [1.82, 2.24) is 5.32 Å². The molecule has 0 saturated heterocycles. The van der Waals surface area contributed by atoms with Crippen molar-refractivity contribution in [3.8, 4) is 0 Å². The molecule has 6 heteroatoms. The minimum Gasteiger partial charge on any atom is -0.379 e. The standard InChI is InChI=1S/C13H26N2O4/c1-2-8-18-9-10-19-11-13(17)15-7-5-3-4-6-12(14)16/h2-11H2,1H3,(H2,14,16)(H,15,17). The van der Waals surface area contributed by atoms with Crippen LogP contribution in [-0.4, -0.2) is 44.8 Å². The van der Waals surface area contributed by atoms with Gasteiger partial charge in [-0.15, -0.1) is 0 Å². The number of nitrogens with two attached hydrogens (primary N) is 1. The second kappa shape index (κ2) is 13.3. The van der Waals surface area contributed by atoms with Crippen LogP contribution < -0.4 is 11.1 Å². The predicted octanol–water partition coefficient (Wildman–Crippen LogP) is 0.592. The van der Waals surface area contributed by atoms with Gasteiger partial charge in [-0.05, 0) is 19.3 Å². The van der Waals surface area contributed by atoms with E-state index in [0.717, 1.165) is 32.3 Å². The van der Waals surface area contributed by atoms with Gasteiger partial charge in [0.25, 0.3) is 0 Å². The first kappa shape index (κ1) is 17.9. The molecule has 0 aliphatic carbocycles. The molecule has 0 aromatic rings. The zero-order valence-electron chi connectivity index (χ0n) is 11.8. The Hall–Kier alpha value is -1.14. The minimum atomic E-state index is -0.275. The van der Waals surface area contributed by atoms with Gasteiger partial charge in [0.2, 0.25) is 11.8 Å². The number of carbonyl (C=O) groups is 2. The van der Waals surface area contributed by atoms with Gasteiger partial charge in [0.05, 0.1) is 13.2 Å². The molecular weight excluding hydrogens is 248 g/mol. The summed E-state index contributed by atoms with van der Waals surface area (Å²) in [5, 5.41) is 2.75. The lowest BCUT2D eigenvalue weighted by Crippen LogP contribution is -2.29. The lowest BCUT2D eigenvalue weighted by atomic mass is 10.2. The third-order valence-corrected chi connectivity index (χ3v) is 2.38. The van der Waals surface area contributed by atoms with Gasteiger partial charge in [-0.25, -0.2) is 0 Å². The Balaban J connectivity index is 3.19. The first-order valence-corrected chi connectivity index (χ1v) is 6.87. The fourth-order valence-corrected chi connectivity index (χ4v) is 1.41. The van der Waals surface area contributed by atoms with Gasteiger partial charge in [-0.2, -0.15) is 0 Å². The Morgan fingerprint density at radius 2 is 1.79 bits per heavy atom. The average Bonchev–Trinajstić information content (AvgIpc) is 2.37. The smallest absolute Gasteiger partial charge is 0.245 e. The summed E-state index contributed by atoms with van der Waals surface area (Å²) in [6, 6.07) is 0. The molecule has 0 unspecified atom stereocenters. The zero-order valence-corrected chi connectivity index (χ0v) is 11.8. The molecule has 0 saturated carbocycles. The normalized spacial score (nSPS) is 10.4. The number of carbonyl (C=O) groups excluding carboxylic acids is 2. The van der Waals surface area contributed by atoms with E-state index in [9.17, 15) is 9.59 Å². The van der Waals surface area contributed by atoms with Gasteiger partial charge in [-0.1, -0.05) is 13.3 Å². The Morgan fingerprint density at radius 3 is 2.47 bits per heavy atom. The van der Waals surface area contributed by atoms with E-state index in [1.54, 1.807) is 0 Å². The van der Waals surface area contributed by atoms with Crippen molar-refractivity contribution in [1.29, 1.82) is 0 Å². The van der Waals surface area contributed by atoms with Crippen molar-refractivity contribution >= 4 is 11.8 Å². The maximum absolute atomic E-state index is 11.3. The van der Waals surface area contributed by atoms with E-state index in [0.29, 0.717) is 26.2 Å². The average molecular weight is 274 g/mol. The predicted molar refractivity (Wildman–Crippen MR) is 72.6 cm³/mol. The molecule has 6 nitrogen and oxygen atoms in total. The summed E-state index contributed by atoms with van der Waals surface area (Å²) in [5.41, 5.74) is 5.02. The van der Waals surface area contributed by atoms with E-state index in [1.165, 1.54) is 0 Å². The molecule has 0 aliphatic rings. The molecule has 0 aromatic carbocycles. The van der Waals surface area contributed by atoms with Crippen LogP contribution >= 0.6 is 0 Å². The highest BCUT2D eigenvalue weighted by Crippen LogP contribution is 1.97. The Morgan fingerprint density at radius 1 is 1.05 bits per heavy atom. The Bertz CT molecular complexity index is 247. The van der Waals surface area contributed by atoms with E-state index in [2.05, 4.69) is 5.32 Å². The van der Waals surface area contributed by atoms with Crippen LogP contribution in [0.15, 0.2) is 0 Å². The molecule has 0 radical (unpaired) electrons. The second-order valence-corrected chi connectivity index (χ2v) is 4.29. The van der Waals surface area contributed by atoms with Crippen molar-refractivity contribution in [2.24, 2.45) is 5.73 Å². The molecule has 0 bridgehead atoms. The molecule has 0 aliphatic heterocycles. The van der Waals surface area contributed by atoms with Crippen LogP contribution in [0.1, 0.15) is 39.0 Å². The summed E-state index contributed by atoms with van der Waals surface area (Å²) in [7, 11) is 0. The number of hydrogen-bond donors (Lipinski definition) is 2. The van der Waals surface area contributed by atoms with Crippen LogP contribution in [0.5, 0.6) is 0 Å². The summed E-state index contributed by atoms with van der Waals surface area (Å²) in [4.78, 5) is 21.8. The van der Waals surface area contributed by atoms with Crippen molar-refractivity contribution in [3.63, 3.8) is 0 Å².